The maximum absolute atomic E-state index is 6.36. The fourth-order valence-corrected chi connectivity index (χ4v) is 4.16. The third kappa shape index (κ3) is 3.61. The van der Waals surface area contributed by atoms with E-state index in [0.717, 1.165) is 50.6 Å². The van der Waals surface area contributed by atoms with Crippen molar-refractivity contribution in [2.75, 3.05) is 39.6 Å². The molecular weight excluding hydrogens is 330 g/mol. The maximum atomic E-state index is 6.36. The molecule has 6 heteroatoms. The summed E-state index contributed by atoms with van der Waals surface area (Å²) in [5.41, 5.74) is 7.56. The van der Waals surface area contributed by atoms with Gasteiger partial charge < -0.3 is 24.8 Å². The Bertz CT molecular complexity index is 648. The van der Waals surface area contributed by atoms with E-state index in [0.29, 0.717) is 19.3 Å². The van der Waals surface area contributed by atoms with Crippen LogP contribution in [-0.4, -0.2) is 50.5 Å². The van der Waals surface area contributed by atoms with Crippen LogP contribution in [0.2, 0.25) is 0 Å². The predicted octanol–water partition coefficient (Wildman–Crippen LogP) is 2.65. The third-order valence-electron chi connectivity index (χ3n) is 5.91. The molecule has 0 spiro atoms. The van der Waals surface area contributed by atoms with Crippen molar-refractivity contribution in [2.24, 2.45) is 10.7 Å². The zero-order chi connectivity index (χ0) is 17.8. The summed E-state index contributed by atoms with van der Waals surface area (Å²) in [5, 5.41) is 0. The van der Waals surface area contributed by atoms with Gasteiger partial charge in [0.1, 0.15) is 0 Å². The minimum absolute atomic E-state index is 0.0459. The summed E-state index contributed by atoms with van der Waals surface area (Å²) in [6.45, 7) is 4.55. The van der Waals surface area contributed by atoms with Crippen molar-refractivity contribution >= 4 is 5.96 Å². The van der Waals surface area contributed by atoms with Crippen LogP contribution in [0, 0.1) is 0 Å². The van der Waals surface area contributed by atoms with E-state index < -0.39 is 0 Å². The molecule has 1 aromatic carbocycles. The lowest BCUT2D eigenvalue weighted by atomic mass is 9.74. The molecule has 0 unspecified atom stereocenters. The second-order valence-electron chi connectivity index (χ2n) is 7.54. The SMILES string of the molecule is NC(=NCC1(c2ccc3c(c2)OCO3)CCOCC1)N1CCCCCC1. The first-order valence-corrected chi connectivity index (χ1v) is 9.80. The fourth-order valence-electron chi connectivity index (χ4n) is 4.16. The van der Waals surface area contributed by atoms with Crippen molar-refractivity contribution in [2.45, 2.75) is 43.9 Å². The molecule has 142 valence electrons. The molecule has 0 aliphatic carbocycles. The average molecular weight is 359 g/mol. The van der Waals surface area contributed by atoms with E-state index in [1.54, 1.807) is 0 Å². The van der Waals surface area contributed by atoms with Gasteiger partial charge in [-0.25, -0.2) is 0 Å². The topological polar surface area (TPSA) is 69.3 Å². The molecule has 3 aliphatic rings. The Morgan fingerprint density at radius 3 is 2.54 bits per heavy atom. The number of fused-ring (bicyclic) bond motifs is 1. The van der Waals surface area contributed by atoms with Crippen LogP contribution in [0.3, 0.4) is 0 Å². The van der Waals surface area contributed by atoms with Gasteiger partial charge in [0.05, 0.1) is 6.54 Å². The van der Waals surface area contributed by atoms with Crippen molar-refractivity contribution in [1.82, 2.24) is 4.90 Å². The van der Waals surface area contributed by atoms with E-state index in [1.807, 2.05) is 6.07 Å². The van der Waals surface area contributed by atoms with Crippen molar-refractivity contribution in [3.63, 3.8) is 0 Å². The summed E-state index contributed by atoms with van der Waals surface area (Å²) in [6.07, 6.45) is 6.89. The molecule has 0 saturated carbocycles. The second kappa shape index (κ2) is 7.74. The highest BCUT2D eigenvalue weighted by atomic mass is 16.7. The van der Waals surface area contributed by atoms with Crippen molar-refractivity contribution in [3.05, 3.63) is 23.8 Å². The summed E-state index contributed by atoms with van der Waals surface area (Å²) >= 11 is 0. The molecule has 0 radical (unpaired) electrons. The van der Waals surface area contributed by atoms with E-state index >= 15 is 0 Å². The Morgan fingerprint density at radius 1 is 1.04 bits per heavy atom. The van der Waals surface area contributed by atoms with Crippen LogP contribution in [0.15, 0.2) is 23.2 Å². The molecule has 3 aliphatic heterocycles. The lowest BCUT2D eigenvalue weighted by molar-refractivity contribution is 0.0530. The van der Waals surface area contributed by atoms with Gasteiger partial charge in [0.25, 0.3) is 0 Å². The molecule has 0 aromatic heterocycles. The summed E-state index contributed by atoms with van der Waals surface area (Å²) in [7, 11) is 0. The van der Waals surface area contributed by atoms with Gasteiger partial charge in [-0.1, -0.05) is 18.9 Å². The lowest BCUT2D eigenvalue weighted by Crippen LogP contribution is -2.41. The van der Waals surface area contributed by atoms with E-state index in [-0.39, 0.29) is 5.41 Å². The normalized spacial score (nSPS) is 22.9. The van der Waals surface area contributed by atoms with E-state index in [4.69, 9.17) is 24.9 Å². The zero-order valence-electron chi connectivity index (χ0n) is 15.4. The molecule has 2 N–H and O–H groups in total. The summed E-state index contributed by atoms with van der Waals surface area (Å²) in [6, 6.07) is 6.28. The lowest BCUT2D eigenvalue weighted by Gasteiger charge is -2.37. The van der Waals surface area contributed by atoms with Crippen LogP contribution in [0.5, 0.6) is 11.5 Å². The number of guanidine groups is 1. The highest BCUT2D eigenvalue weighted by molar-refractivity contribution is 5.78. The standard InChI is InChI=1S/C20H29N3O3/c21-19(23-9-3-1-2-4-10-23)22-14-20(7-11-24-12-8-20)16-5-6-17-18(13-16)26-15-25-17/h5-6,13H,1-4,7-12,14-15H2,(H2,21,22). The average Bonchev–Trinajstić information content (AvgIpc) is 2.98. The number of benzene rings is 1. The third-order valence-corrected chi connectivity index (χ3v) is 5.91. The first-order chi connectivity index (χ1) is 12.8. The Kier molecular flexibility index (Phi) is 5.20. The predicted molar refractivity (Wildman–Crippen MR) is 101 cm³/mol. The molecule has 1 aromatic rings. The molecule has 2 saturated heterocycles. The number of likely N-dealkylation sites (tertiary alicyclic amines) is 1. The summed E-state index contributed by atoms with van der Waals surface area (Å²) in [4.78, 5) is 7.10. The highest BCUT2D eigenvalue weighted by Crippen LogP contribution is 2.41. The molecule has 0 amide bonds. The molecule has 2 fully saturated rings. The monoisotopic (exact) mass is 359 g/mol. The molecule has 0 atom stereocenters. The number of nitrogens with two attached hydrogens (primary N) is 1. The van der Waals surface area contributed by atoms with Crippen molar-refractivity contribution in [3.8, 4) is 11.5 Å². The Morgan fingerprint density at radius 2 is 1.77 bits per heavy atom. The van der Waals surface area contributed by atoms with Gasteiger partial charge >= 0.3 is 0 Å². The molecule has 4 rings (SSSR count). The van der Waals surface area contributed by atoms with Gasteiger partial charge in [-0.2, -0.15) is 0 Å². The number of ether oxygens (including phenoxy) is 3. The van der Waals surface area contributed by atoms with Crippen molar-refractivity contribution < 1.29 is 14.2 Å². The number of hydrogen-bond donors (Lipinski definition) is 1. The minimum Gasteiger partial charge on any atom is -0.454 e. The quantitative estimate of drug-likeness (QED) is 0.664. The largest absolute Gasteiger partial charge is 0.454 e. The van der Waals surface area contributed by atoms with Crippen LogP contribution in [0.25, 0.3) is 0 Å². The minimum atomic E-state index is -0.0459. The Labute approximate surface area is 155 Å². The van der Waals surface area contributed by atoms with Crippen molar-refractivity contribution in [1.29, 1.82) is 0 Å². The molecule has 26 heavy (non-hydrogen) atoms. The van der Waals surface area contributed by atoms with Crippen LogP contribution >= 0.6 is 0 Å². The maximum Gasteiger partial charge on any atom is 0.231 e. The first-order valence-electron chi connectivity index (χ1n) is 9.80. The van der Waals surface area contributed by atoms with Gasteiger partial charge in [0.15, 0.2) is 17.5 Å². The van der Waals surface area contributed by atoms with Gasteiger partial charge in [-0.15, -0.1) is 0 Å². The highest BCUT2D eigenvalue weighted by Gasteiger charge is 2.35. The van der Waals surface area contributed by atoms with Crippen LogP contribution < -0.4 is 15.2 Å². The summed E-state index contributed by atoms with van der Waals surface area (Å²) in [5.74, 6) is 2.35. The number of aliphatic imine (C=N–C) groups is 1. The molecule has 6 nitrogen and oxygen atoms in total. The van der Waals surface area contributed by atoms with Crippen LogP contribution in [0.4, 0.5) is 0 Å². The first kappa shape index (κ1) is 17.5. The fraction of sp³-hybridized carbons (Fsp3) is 0.650. The van der Waals surface area contributed by atoms with Crippen LogP contribution in [0.1, 0.15) is 44.1 Å². The second-order valence-corrected chi connectivity index (χ2v) is 7.54. The van der Waals surface area contributed by atoms with E-state index in [1.165, 1.54) is 31.2 Å². The smallest absolute Gasteiger partial charge is 0.231 e. The van der Waals surface area contributed by atoms with Crippen LogP contribution in [-0.2, 0) is 10.2 Å². The molecular formula is C20H29N3O3. The molecule has 0 bridgehead atoms. The number of hydrogen-bond acceptors (Lipinski definition) is 4. The van der Waals surface area contributed by atoms with Gasteiger partial charge in [0.2, 0.25) is 6.79 Å². The number of nitrogens with zero attached hydrogens (tertiary/aromatic N) is 2. The molecule has 3 heterocycles. The van der Waals surface area contributed by atoms with E-state index in [2.05, 4.69) is 17.0 Å². The van der Waals surface area contributed by atoms with Gasteiger partial charge in [-0.3, -0.25) is 4.99 Å². The van der Waals surface area contributed by atoms with Gasteiger partial charge in [-0.05, 0) is 43.4 Å². The van der Waals surface area contributed by atoms with Gasteiger partial charge in [0, 0.05) is 31.7 Å². The summed E-state index contributed by atoms with van der Waals surface area (Å²) < 4.78 is 16.7. The number of rotatable bonds is 3. The Balaban J connectivity index is 1.55. The van der Waals surface area contributed by atoms with E-state index in [9.17, 15) is 0 Å². The zero-order valence-corrected chi connectivity index (χ0v) is 15.4. The Hall–Kier alpha value is -1.95.